The molecule has 0 spiro atoms. The number of imidazole rings is 1. The van der Waals surface area contributed by atoms with Crippen molar-refractivity contribution in [2.24, 2.45) is 7.05 Å². The fraction of sp³-hybridized carbons (Fsp3) is 0.500. The van der Waals surface area contributed by atoms with Crippen LogP contribution < -0.4 is 10.2 Å². The number of fused-ring (bicyclic) bond motifs is 1. The topological polar surface area (TPSA) is 33.1 Å². The highest BCUT2D eigenvalue weighted by atomic mass is 15.3. The Morgan fingerprint density at radius 2 is 2.17 bits per heavy atom. The van der Waals surface area contributed by atoms with E-state index in [1.807, 2.05) is 6.07 Å². The minimum atomic E-state index is 0.777. The molecular weight excluding hydrogens is 224 g/mol. The normalized spacial score (nSPS) is 15.2. The molecule has 0 bridgehead atoms. The van der Waals surface area contributed by atoms with Crippen LogP contribution in [0.5, 0.6) is 0 Å². The van der Waals surface area contributed by atoms with E-state index in [2.05, 4.69) is 52.1 Å². The van der Waals surface area contributed by atoms with Crippen LogP contribution in [0.4, 0.5) is 5.95 Å². The molecule has 1 aromatic heterocycles. The molecule has 1 aliphatic rings. The Labute approximate surface area is 108 Å². The van der Waals surface area contributed by atoms with Crippen molar-refractivity contribution in [3.05, 3.63) is 24.3 Å². The van der Waals surface area contributed by atoms with Gasteiger partial charge in [-0.3, -0.25) is 0 Å². The number of nitrogens with zero attached hydrogens (tertiary/aromatic N) is 3. The number of para-hydroxylation sites is 2. The van der Waals surface area contributed by atoms with Crippen LogP contribution in [-0.2, 0) is 7.05 Å². The first kappa shape index (κ1) is 11.5. The molecule has 1 aliphatic carbocycles. The van der Waals surface area contributed by atoms with E-state index in [0.29, 0.717) is 0 Å². The number of hydrogen-bond donors (Lipinski definition) is 1. The second kappa shape index (κ2) is 4.61. The lowest BCUT2D eigenvalue weighted by atomic mass is 10.3. The van der Waals surface area contributed by atoms with Crippen LogP contribution in [0.3, 0.4) is 0 Å². The summed E-state index contributed by atoms with van der Waals surface area (Å²) < 4.78 is 2.16. The van der Waals surface area contributed by atoms with E-state index in [9.17, 15) is 0 Å². The smallest absolute Gasteiger partial charge is 0.206 e. The van der Waals surface area contributed by atoms with Crippen molar-refractivity contribution in [3.63, 3.8) is 0 Å². The zero-order valence-corrected chi connectivity index (χ0v) is 11.1. The molecule has 1 heterocycles. The lowest BCUT2D eigenvalue weighted by Crippen LogP contribution is -2.31. The number of likely N-dealkylation sites (N-methyl/N-ethyl adjacent to an activating group) is 1. The van der Waals surface area contributed by atoms with Gasteiger partial charge in [0, 0.05) is 33.2 Å². The van der Waals surface area contributed by atoms with Crippen molar-refractivity contribution >= 4 is 17.0 Å². The van der Waals surface area contributed by atoms with Crippen LogP contribution in [0.1, 0.15) is 12.8 Å². The molecule has 0 saturated heterocycles. The number of nitrogens with one attached hydrogen (secondary N) is 1. The van der Waals surface area contributed by atoms with Crippen molar-refractivity contribution in [1.82, 2.24) is 14.9 Å². The SMILES string of the molecule is CN(CCNC1CC1)c1nc2ccccc2n1C. The van der Waals surface area contributed by atoms with Crippen LogP contribution in [0.25, 0.3) is 11.0 Å². The van der Waals surface area contributed by atoms with Gasteiger partial charge in [0.15, 0.2) is 0 Å². The summed E-state index contributed by atoms with van der Waals surface area (Å²) in [4.78, 5) is 6.90. The van der Waals surface area contributed by atoms with Gasteiger partial charge in [0.2, 0.25) is 5.95 Å². The molecule has 0 unspecified atom stereocenters. The van der Waals surface area contributed by atoms with Crippen molar-refractivity contribution in [1.29, 1.82) is 0 Å². The predicted octanol–water partition coefficient (Wildman–Crippen LogP) is 1.76. The van der Waals surface area contributed by atoms with Gasteiger partial charge in [0.05, 0.1) is 11.0 Å². The second-order valence-electron chi connectivity index (χ2n) is 5.11. The molecule has 18 heavy (non-hydrogen) atoms. The zero-order valence-electron chi connectivity index (χ0n) is 11.1. The molecule has 0 aliphatic heterocycles. The Morgan fingerprint density at radius 3 is 2.89 bits per heavy atom. The maximum Gasteiger partial charge on any atom is 0.206 e. The maximum atomic E-state index is 4.69. The number of hydrogen-bond acceptors (Lipinski definition) is 3. The Morgan fingerprint density at radius 1 is 1.39 bits per heavy atom. The lowest BCUT2D eigenvalue weighted by molar-refractivity contribution is 0.665. The molecule has 96 valence electrons. The van der Waals surface area contributed by atoms with Gasteiger partial charge in [0.25, 0.3) is 0 Å². The lowest BCUT2D eigenvalue weighted by Gasteiger charge is -2.18. The number of anilines is 1. The van der Waals surface area contributed by atoms with Gasteiger partial charge in [-0.2, -0.15) is 0 Å². The first-order chi connectivity index (χ1) is 8.75. The molecule has 1 aromatic carbocycles. The van der Waals surface area contributed by atoms with Gasteiger partial charge >= 0.3 is 0 Å². The van der Waals surface area contributed by atoms with E-state index >= 15 is 0 Å². The van der Waals surface area contributed by atoms with Gasteiger partial charge in [-0.1, -0.05) is 12.1 Å². The standard InChI is InChI=1S/C14H20N4/c1-17(10-9-15-11-7-8-11)14-16-12-5-3-4-6-13(12)18(14)2/h3-6,11,15H,7-10H2,1-2H3. The molecule has 0 amide bonds. The average molecular weight is 244 g/mol. The van der Waals surface area contributed by atoms with E-state index in [1.165, 1.54) is 18.4 Å². The fourth-order valence-electron chi connectivity index (χ4n) is 2.30. The minimum absolute atomic E-state index is 0.777. The summed E-state index contributed by atoms with van der Waals surface area (Å²) in [5, 5.41) is 3.53. The quantitative estimate of drug-likeness (QED) is 0.870. The zero-order chi connectivity index (χ0) is 12.5. The molecule has 4 heteroatoms. The predicted molar refractivity (Wildman–Crippen MR) is 75.0 cm³/mol. The third-order valence-electron chi connectivity index (χ3n) is 3.56. The van der Waals surface area contributed by atoms with Crippen molar-refractivity contribution in [2.75, 3.05) is 25.0 Å². The summed E-state index contributed by atoms with van der Waals surface area (Å²) in [5.41, 5.74) is 2.26. The van der Waals surface area contributed by atoms with E-state index in [0.717, 1.165) is 30.6 Å². The molecule has 0 radical (unpaired) electrons. The first-order valence-electron chi connectivity index (χ1n) is 6.61. The Hall–Kier alpha value is -1.55. The van der Waals surface area contributed by atoms with Gasteiger partial charge in [0.1, 0.15) is 0 Å². The number of aryl methyl sites for hydroxylation is 1. The molecule has 1 saturated carbocycles. The van der Waals surface area contributed by atoms with Crippen LogP contribution in [0.15, 0.2) is 24.3 Å². The summed E-state index contributed by atoms with van der Waals surface area (Å²) >= 11 is 0. The number of benzene rings is 1. The Bertz CT molecular complexity index is 542. The monoisotopic (exact) mass is 244 g/mol. The third kappa shape index (κ3) is 2.20. The van der Waals surface area contributed by atoms with Gasteiger partial charge < -0.3 is 14.8 Å². The summed E-state index contributed by atoms with van der Waals surface area (Å²) in [6.07, 6.45) is 2.69. The van der Waals surface area contributed by atoms with Gasteiger partial charge in [-0.25, -0.2) is 4.98 Å². The third-order valence-corrected chi connectivity index (χ3v) is 3.56. The summed E-state index contributed by atoms with van der Waals surface area (Å²) in [6, 6.07) is 9.05. The van der Waals surface area contributed by atoms with Crippen LogP contribution in [-0.4, -0.2) is 35.7 Å². The van der Waals surface area contributed by atoms with E-state index < -0.39 is 0 Å². The Balaban J connectivity index is 1.73. The minimum Gasteiger partial charge on any atom is -0.344 e. The molecule has 1 fully saturated rings. The van der Waals surface area contributed by atoms with E-state index in [-0.39, 0.29) is 0 Å². The van der Waals surface area contributed by atoms with Crippen molar-refractivity contribution in [3.8, 4) is 0 Å². The highest BCUT2D eigenvalue weighted by Crippen LogP contribution is 2.20. The van der Waals surface area contributed by atoms with E-state index in [1.54, 1.807) is 0 Å². The van der Waals surface area contributed by atoms with Gasteiger partial charge in [-0.15, -0.1) is 0 Å². The second-order valence-corrected chi connectivity index (χ2v) is 5.11. The first-order valence-corrected chi connectivity index (χ1v) is 6.61. The van der Waals surface area contributed by atoms with Crippen LogP contribution in [0.2, 0.25) is 0 Å². The summed E-state index contributed by atoms with van der Waals surface area (Å²) in [6.45, 7) is 2.03. The molecule has 4 nitrogen and oxygen atoms in total. The molecule has 1 N–H and O–H groups in total. The fourth-order valence-corrected chi connectivity index (χ4v) is 2.30. The average Bonchev–Trinajstić information content (AvgIpc) is 3.14. The molecular formula is C14H20N4. The number of rotatable bonds is 5. The summed E-state index contributed by atoms with van der Waals surface area (Å²) in [7, 11) is 4.19. The molecule has 3 rings (SSSR count). The number of aromatic nitrogens is 2. The van der Waals surface area contributed by atoms with Crippen LogP contribution >= 0.6 is 0 Å². The van der Waals surface area contributed by atoms with Crippen LogP contribution in [0, 0.1) is 0 Å². The molecule has 2 aromatic rings. The van der Waals surface area contributed by atoms with Crippen molar-refractivity contribution in [2.45, 2.75) is 18.9 Å². The van der Waals surface area contributed by atoms with Crippen molar-refractivity contribution < 1.29 is 0 Å². The maximum absolute atomic E-state index is 4.69. The van der Waals surface area contributed by atoms with E-state index in [4.69, 9.17) is 0 Å². The Kier molecular flexibility index (Phi) is 2.96. The van der Waals surface area contributed by atoms with Gasteiger partial charge in [-0.05, 0) is 25.0 Å². The summed E-state index contributed by atoms with van der Waals surface area (Å²) in [5.74, 6) is 1.04. The molecule has 0 atom stereocenters. The highest BCUT2D eigenvalue weighted by Gasteiger charge is 2.20. The largest absolute Gasteiger partial charge is 0.344 e. The highest BCUT2D eigenvalue weighted by molar-refractivity contribution is 5.78.